The van der Waals surface area contributed by atoms with E-state index in [2.05, 4.69) is 0 Å². The molecule has 14 heavy (non-hydrogen) atoms. The molecule has 0 aromatic heterocycles. The largest absolute Gasteiger partial charge is 0.478 e. The third kappa shape index (κ3) is 3.92. The molecule has 1 atom stereocenters. The molecule has 0 saturated heterocycles. The smallest absolute Gasteiger partial charge is 0.331 e. The van der Waals surface area contributed by atoms with Crippen molar-refractivity contribution in [3.63, 3.8) is 0 Å². The fourth-order valence-electron chi connectivity index (χ4n) is 1.78. The molecule has 0 radical (unpaired) electrons. The van der Waals surface area contributed by atoms with Gasteiger partial charge in [0.05, 0.1) is 6.10 Å². The van der Waals surface area contributed by atoms with E-state index >= 15 is 0 Å². The third-order valence-electron chi connectivity index (χ3n) is 2.61. The Labute approximate surface area is 84.4 Å². The summed E-state index contributed by atoms with van der Waals surface area (Å²) in [6.45, 7) is 0. The van der Waals surface area contributed by atoms with Gasteiger partial charge in [0.25, 0.3) is 0 Å². The van der Waals surface area contributed by atoms with Crippen LogP contribution >= 0.6 is 0 Å². The number of carboxylic acids is 1. The summed E-state index contributed by atoms with van der Waals surface area (Å²) in [5.41, 5.74) is 0.374. The molecular weight excluding hydrogens is 180 g/mol. The van der Waals surface area contributed by atoms with Gasteiger partial charge in [0.2, 0.25) is 0 Å². The van der Waals surface area contributed by atoms with Crippen LogP contribution in [-0.4, -0.2) is 22.3 Å². The van der Waals surface area contributed by atoms with Crippen LogP contribution in [0.4, 0.5) is 0 Å². The minimum Gasteiger partial charge on any atom is -0.478 e. The van der Waals surface area contributed by atoms with Crippen molar-refractivity contribution in [2.45, 2.75) is 51.0 Å². The first-order valence-corrected chi connectivity index (χ1v) is 5.32. The van der Waals surface area contributed by atoms with Crippen LogP contribution in [0.25, 0.3) is 0 Å². The second kappa shape index (κ2) is 5.81. The quantitative estimate of drug-likeness (QED) is 0.678. The minimum atomic E-state index is -0.885. The first kappa shape index (κ1) is 11.2. The fraction of sp³-hybridized carbons (Fsp3) is 0.727. The Morgan fingerprint density at radius 1 is 1.21 bits per heavy atom. The zero-order chi connectivity index (χ0) is 10.4. The summed E-state index contributed by atoms with van der Waals surface area (Å²) >= 11 is 0. The van der Waals surface area contributed by atoms with Gasteiger partial charge >= 0.3 is 5.97 Å². The van der Waals surface area contributed by atoms with Crippen LogP contribution in [0.5, 0.6) is 0 Å². The zero-order valence-corrected chi connectivity index (χ0v) is 8.41. The van der Waals surface area contributed by atoms with Crippen molar-refractivity contribution in [2.75, 3.05) is 0 Å². The summed E-state index contributed by atoms with van der Waals surface area (Å²) < 4.78 is 0. The van der Waals surface area contributed by atoms with Crippen LogP contribution in [-0.2, 0) is 4.79 Å². The summed E-state index contributed by atoms with van der Waals surface area (Å²) in [4.78, 5) is 10.8. The number of aliphatic carboxylic acids is 1. The summed E-state index contributed by atoms with van der Waals surface area (Å²) in [5.74, 6) is -0.885. The van der Waals surface area contributed by atoms with Crippen LogP contribution in [0.2, 0.25) is 0 Å². The maximum atomic E-state index is 10.8. The van der Waals surface area contributed by atoms with Crippen molar-refractivity contribution in [3.05, 3.63) is 11.6 Å². The monoisotopic (exact) mass is 198 g/mol. The lowest BCUT2D eigenvalue weighted by Gasteiger charge is -2.11. The highest BCUT2D eigenvalue weighted by Gasteiger charge is 2.11. The summed E-state index contributed by atoms with van der Waals surface area (Å²) in [6, 6.07) is 0. The fourth-order valence-corrected chi connectivity index (χ4v) is 1.78. The van der Waals surface area contributed by atoms with Gasteiger partial charge in [-0.2, -0.15) is 0 Å². The number of hydrogen-bond donors (Lipinski definition) is 2. The van der Waals surface area contributed by atoms with E-state index in [0.29, 0.717) is 18.4 Å². The van der Waals surface area contributed by atoms with Gasteiger partial charge in [0, 0.05) is 5.57 Å². The molecular formula is C11H18O3. The molecule has 0 fully saturated rings. The summed E-state index contributed by atoms with van der Waals surface area (Å²) in [6.07, 6.45) is 7.53. The van der Waals surface area contributed by atoms with Gasteiger partial charge in [0.1, 0.15) is 0 Å². The number of carbonyl (C=O) groups is 1. The van der Waals surface area contributed by atoms with Gasteiger partial charge in [-0.15, -0.1) is 0 Å². The van der Waals surface area contributed by atoms with Gasteiger partial charge < -0.3 is 10.2 Å². The average molecular weight is 198 g/mol. The third-order valence-corrected chi connectivity index (χ3v) is 2.61. The van der Waals surface area contributed by atoms with E-state index in [9.17, 15) is 9.90 Å². The molecule has 3 heteroatoms. The predicted molar refractivity (Wildman–Crippen MR) is 54.0 cm³/mol. The topological polar surface area (TPSA) is 57.5 Å². The van der Waals surface area contributed by atoms with E-state index in [1.807, 2.05) is 0 Å². The SMILES string of the molecule is O=C(O)/C1=C/C(O)CCCCCCC1. The molecule has 0 spiro atoms. The molecule has 80 valence electrons. The molecule has 1 rings (SSSR count). The lowest BCUT2D eigenvalue weighted by atomic mass is 9.99. The molecule has 0 bridgehead atoms. The van der Waals surface area contributed by atoms with Crippen LogP contribution in [0.1, 0.15) is 44.9 Å². The molecule has 0 aromatic carbocycles. The van der Waals surface area contributed by atoms with E-state index in [-0.39, 0.29) is 0 Å². The van der Waals surface area contributed by atoms with Crippen LogP contribution in [0.15, 0.2) is 11.6 Å². The number of hydrogen-bond acceptors (Lipinski definition) is 2. The molecule has 0 aromatic rings. The molecule has 1 unspecified atom stereocenters. The summed E-state index contributed by atoms with van der Waals surface area (Å²) in [7, 11) is 0. The van der Waals surface area contributed by atoms with Gasteiger partial charge in [-0.1, -0.05) is 25.7 Å². The van der Waals surface area contributed by atoms with Crippen molar-refractivity contribution in [2.24, 2.45) is 0 Å². The maximum Gasteiger partial charge on any atom is 0.331 e. The number of aliphatic hydroxyl groups excluding tert-OH is 1. The first-order valence-electron chi connectivity index (χ1n) is 5.32. The van der Waals surface area contributed by atoms with Crippen LogP contribution in [0.3, 0.4) is 0 Å². The molecule has 0 aliphatic heterocycles. The lowest BCUT2D eigenvalue weighted by Crippen LogP contribution is -2.09. The number of aliphatic hydroxyl groups is 1. The lowest BCUT2D eigenvalue weighted by molar-refractivity contribution is -0.132. The highest BCUT2D eigenvalue weighted by atomic mass is 16.4. The highest BCUT2D eigenvalue weighted by Crippen LogP contribution is 2.17. The van der Waals surface area contributed by atoms with Crippen LogP contribution in [0, 0.1) is 0 Å². The first-order chi connectivity index (χ1) is 6.70. The van der Waals surface area contributed by atoms with E-state index in [4.69, 9.17) is 5.11 Å². The average Bonchev–Trinajstić information content (AvgIpc) is 2.15. The van der Waals surface area contributed by atoms with E-state index in [1.165, 1.54) is 6.08 Å². The maximum absolute atomic E-state index is 10.8. The Bertz CT molecular complexity index is 221. The number of rotatable bonds is 1. The molecule has 0 heterocycles. The van der Waals surface area contributed by atoms with Crippen molar-refractivity contribution in [3.8, 4) is 0 Å². The van der Waals surface area contributed by atoms with E-state index in [1.54, 1.807) is 0 Å². The van der Waals surface area contributed by atoms with Gasteiger partial charge in [-0.3, -0.25) is 0 Å². The van der Waals surface area contributed by atoms with Gasteiger partial charge in [0.15, 0.2) is 0 Å². The number of carboxylic acid groups (broad SMARTS) is 1. The molecule has 3 nitrogen and oxygen atoms in total. The molecule has 0 amide bonds. The van der Waals surface area contributed by atoms with Crippen molar-refractivity contribution >= 4 is 5.97 Å². The van der Waals surface area contributed by atoms with Crippen molar-refractivity contribution < 1.29 is 15.0 Å². The Morgan fingerprint density at radius 2 is 1.86 bits per heavy atom. The molecule has 0 saturated carbocycles. The van der Waals surface area contributed by atoms with E-state index < -0.39 is 12.1 Å². The normalized spacial score (nSPS) is 28.9. The molecule has 2 N–H and O–H groups in total. The highest BCUT2D eigenvalue weighted by molar-refractivity contribution is 5.86. The minimum absolute atomic E-state index is 0.374. The van der Waals surface area contributed by atoms with Gasteiger partial charge in [-0.25, -0.2) is 4.79 Å². The van der Waals surface area contributed by atoms with Crippen LogP contribution < -0.4 is 0 Å². The van der Waals surface area contributed by atoms with Gasteiger partial charge in [-0.05, 0) is 25.3 Å². The Hall–Kier alpha value is -0.830. The molecule has 1 aliphatic carbocycles. The van der Waals surface area contributed by atoms with E-state index in [0.717, 1.165) is 32.1 Å². The second-order valence-corrected chi connectivity index (χ2v) is 3.87. The molecule has 1 aliphatic rings. The Balaban J connectivity index is 2.61. The Morgan fingerprint density at radius 3 is 2.57 bits per heavy atom. The Kier molecular flexibility index (Phi) is 4.66. The van der Waals surface area contributed by atoms with Crippen molar-refractivity contribution in [1.82, 2.24) is 0 Å². The predicted octanol–water partition coefficient (Wildman–Crippen LogP) is 2.10. The standard InChI is InChI=1S/C11H18O3/c12-10-7-5-3-1-2-4-6-9(8-10)11(13)14/h8,10,12H,1-7H2,(H,13,14)/b9-8+. The summed E-state index contributed by atoms with van der Waals surface area (Å²) in [5, 5.41) is 18.4. The van der Waals surface area contributed by atoms with Crippen molar-refractivity contribution in [1.29, 1.82) is 0 Å². The zero-order valence-electron chi connectivity index (χ0n) is 8.41. The second-order valence-electron chi connectivity index (χ2n) is 3.87.